The molecule has 0 aromatic heterocycles. The van der Waals surface area contributed by atoms with Gasteiger partial charge in [-0.1, -0.05) is 12.1 Å². The molecule has 0 aliphatic rings. The van der Waals surface area contributed by atoms with E-state index in [0.717, 1.165) is 12.0 Å². The van der Waals surface area contributed by atoms with Crippen LogP contribution in [0.15, 0.2) is 30.3 Å². The fourth-order valence-electron chi connectivity index (χ4n) is 1.64. The number of nitrogens with zero attached hydrogens (tertiary/aromatic N) is 1. The van der Waals surface area contributed by atoms with E-state index in [1.54, 1.807) is 24.3 Å². The van der Waals surface area contributed by atoms with Crippen molar-refractivity contribution in [1.29, 1.82) is 5.26 Å². The second-order valence-corrected chi connectivity index (χ2v) is 4.35. The SMILES string of the molecule is CC(CCCO)NC(=O)C=Cc1cccc(C#N)c1. The maximum absolute atomic E-state index is 11.6. The Labute approximate surface area is 113 Å². The van der Waals surface area contributed by atoms with E-state index in [0.29, 0.717) is 12.0 Å². The Morgan fingerprint density at radius 3 is 3.05 bits per heavy atom. The molecule has 1 atom stereocenters. The molecule has 2 N–H and O–H groups in total. The van der Waals surface area contributed by atoms with Gasteiger partial charge in [-0.3, -0.25) is 4.79 Å². The van der Waals surface area contributed by atoms with Gasteiger partial charge < -0.3 is 10.4 Å². The van der Waals surface area contributed by atoms with Crippen molar-refractivity contribution in [1.82, 2.24) is 5.32 Å². The van der Waals surface area contributed by atoms with E-state index in [2.05, 4.69) is 11.4 Å². The van der Waals surface area contributed by atoms with Crippen molar-refractivity contribution in [2.24, 2.45) is 0 Å². The van der Waals surface area contributed by atoms with E-state index in [4.69, 9.17) is 10.4 Å². The van der Waals surface area contributed by atoms with Crippen LogP contribution in [0.3, 0.4) is 0 Å². The molecule has 0 heterocycles. The molecule has 0 aliphatic heterocycles. The maximum Gasteiger partial charge on any atom is 0.244 e. The van der Waals surface area contributed by atoms with Crippen molar-refractivity contribution >= 4 is 12.0 Å². The van der Waals surface area contributed by atoms with Crippen molar-refractivity contribution in [3.05, 3.63) is 41.5 Å². The highest BCUT2D eigenvalue weighted by molar-refractivity contribution is 5.91. The third kappa shape index (κ3) is 5.84. The van der Waals surface area contributed by atoms with Crippen LogP contribution in [-0.4, -0.2) is 23.7 Å². The lowest BCUT2D eigenvalue weighted by atomic mass is 10.1. The molecule has 4 nitrogen and oxygen atoms in total. The number of nitriles is 1. The minimum atomic E-state index is -0.173. The van der Waals surface area contributed by atoms with Crippen molar-refractivity contribution in [2.75, 3.05) is 6.61 Å². The Kier molecular flexibility index (Phi) is 6.34. The summed E-state index contributed by atoms with van der Waals surface area (Å²) in [5.41, 5.74) is 1.39. The molecule has 0 saturated heterocycles. The smallest absolute Gasteiger partial charge is 0.244 e. The zero-order valence-corrected chi connectivity index (χ0v) is 11.0. The van der Waals surface area contributed by atoms with Crippen molar-refractivity contribution in [3.8, 4) is 6.07 Å². The van der Waals surface area contributed by atoms with Crippen LogP contribution in [0.5, 0.6) is 0 Å². The first-order valence-corrected chi connectivity index (χ1v) is 6.25. The first-order valence-electron chi connectivity index (χ1n) is 6.25. The summed E-state index contributed by atoms with van der Waals surface area (Å²) >= 11 is 0. The van der Waals surface area contributed by atoms with Crippen molar-refractivity contribution in [3.63, 3.8) is 0 Å². The second-order valence-electron chi connectivity index (χ2n) is 4.35. The first-order chi connectivity index (χ1) is 9.15. The number of hydrogen-bond donors (Lipinski definition) is 2. The highest BCUT2D eigenvalue weighted by Gasteiger charge is 2.03. The van der Waals surface area contributed by atoms with Crippen LogP contribution in [0.4, 0.5) is 0 Å². The molecule has 1 aromatic carbocycles. The average molecular weight is 258 g/mol. The van der Waals surface area contributed by atoms with Gasteiger partial charge in [0.1, 0.15) is 0 Å². The van der Waals surface area contributed by atoms with Gasteiger partial charge >= 0.3 is 0 Å². The van der Waals surface area contributed by atoms with E-state index in [1.165, 1.54) is 6.08 Å². The predicted molar refractivity (Wildman–Crippen MR) is 74.1 cm³/mol. The standard InChI is InChI=1S/C15H18N2O2/c1-12(4-3-9-18)17-15(19)8-7-13-5-2-6-14(10-13)11-16/h2,5-8,10,12,18H,3-4,9H2,1H3,(H,17,19). The third-order valence-electron chi connectivity index (χ3n) is 2.63. The van der Waals surface area contributed by atoms with Gasteiger partial charge in [-0.05, 0) is 43.5 Å². The number of carbonyl (C=O) groups excluding carboxylic acids is 1. The fourth-order valence-corrected chi connectivity index (χ4v) is 1.64. The van der Waals surface area contributed by atoms with E-state index in [-0.39, 0.29) is 18.6 Å². The summed E-state index contributed by atoms with van der Waals surface area (Å²) in [4.78, 5) is 11.6. The van der Waals surface area contributed by atoms with Gasteiger partial charge in [0.25, 0.3) is 0 Å². The van der Waals surface area contributed by atoms with Gasteiger partial charge in [0, 0.05) is 18.7 Å². The minimum absolute atomic E-state index is 0.0368. The summed E-state index contributed by atoms with van der Waals surface area (Å²) in [6.07, 6.45) is 4.55. The molecule has 1 rings (SSSR count). The Morgan fingerprint density at radius 2 is 2.37 bits per heavy atom. The molecule has 100 valence electrons. The monoisotopic (exact) mass is 258 g/mol. The minimum Gasteiger partial charge on any atom is -0.396 e. The molecule has 19 heavy (non-hydrogen) atoms. The van der Waals surface area contributed by atoms with Crippen molar-refractivity contribution < 1.29 is 9.90 Å². The summed E-state index contributed by atoms with van der Waals surface area (Å²) in [5.74, 6) is -0.173. The number of carbonyl (C=O) groups is 1. The van der Waals surface area contributed by atoms with Gasteiger partial charge in [-0.15, -0.1) is 0 Å². The Hall–Kier alpha value is -2.12. The zero-order chi connectivity index (χ0) is 14.1. The summed E-state index contributed by atoms with van der Waals surface area (Å²) in [6.45, 7) is 2.04. The number of nitrogens with one attached hydrogen (secondary N) is 1. The molecule has 0 bridgehead atoms. The zero-order valence-electron chi connectivity index (χ0n) is 11.0. The van der Waals surface area contributed by atoms with Gasteiger partial charge in [0.2, 0.25) is 5.91 Å². The van der Waals surface area contributed by atoms with E-state index >= 15 is 0 Å². The van der Waals surface area contributed by atoms with E-state index < -0.39 is 0 Å². The van der Waals surface area contributed by atoms with Crippen LogP contribution in [-0.2, 0) is 4.79 Å². The lowest BCUT2D eigenvalue weighted by molar-refractivity contribution is -0.117. The number of hydrogen-bond acceptors (Lipinski definition) is 3. The number of benzene rings is 1. The highest BCUT2D eigenvalue weighted by atomic mass is 16.2. The molecular weight excluding hydrogens is 240 g/mol. The molecular formula is C15H18N2O2. The quantitative estimate of drug-likeness (QED) is 0.765. The van der Waals surface area contributed by atoms with E-state index in [9.17, 15) is 4.79 Å². The number of amides is 1. The number of rotatable bonds is 6. The van der Waals surface area contributed by atoms with Gasteiger partial charge in [-0.2, -0.15) is 5.26 Å². The maximum atomic E-state index is 11.6. The lowest BCUT2D eigenvalue weighted by Gasteiger charge is -2.10. The van der Waals surface area contributed by atoms with Crippen LogP contribution >= 0.6 is 0 Å². The predicted octanol–water partition coefficient (Wildman–Crippen LogP) is 1.85. The molecule has 0 radical (unpaired) electrons. The fraction of sp³-hybridized carbons (Fsp3) is 0.333. The van der Waals surface area contributed by atoms with Crippen LogP contribution in [0.1, 0.15) is 30.9 Å². The topological polar surface area (TPSA) is 73.1 Å². The third-order valence-corrected chi connectivity index (χ3v) is 2.63. The van der Waals surface area contributed by atoms with Crippen LogP contribution in [0, 0.1) is 11.3 Å². The molecule has 0 aliphatic carbocycles. The summed E-state index contributed by atoms with van der Waals surface area (Å²) < 4.78 is 0. The van der Waals surface area contributed by atoms with Gasteiger partial charge in [-0.25, -0.2) is 0 Å². The van der Waals surface area contributed by atoms with Crippen LogP contribution in [0.25, 0.3) is 6.08 Å². The molecule has 0 spiro atoms. The number of aliphatic hydroxyl groups excluding tert-OH is 1. The molecule has 1 amide bonds. The first kappa shape index (κ1) is 14.9. The number of aliphatic hydroxyl groups is 1. The Bertz CT molecular complexity index is 489. The van der Waals surface area contributed by atoms with Crippen molar-refractivity contribution in [2.45, 2.75) is 25.8 Å². The molecule has 4 heteroatoms. The molecule has 1 unspecified atom stereocenters. The lowest BCUT2D eigenvalue weighted by Crippen LogP contribution is -2.31. The summed E-state index contributed by atoms with van der Waals surface area (Å²) in [5, 5.41) is 20.3. The largest absolute Gasteiger partial charge is 0.396 e. The second kappa shape index (κ2) is 8.06. The van der Waals surface area contributed by atoms with Crippen LogP contribution in [0.2, 0.25) is 0 Å². The molecule has 1 aromatic rings. The van der Waals surface area contributed by atoms with Crippen LogP contribution < -0.4 is 5.32 Å². The Balaban J connectivity index is 2.51. The Morgan fingerprint density at radius 1 is 1.58 bits per heavy atom. The van der Waals surface area contributed by atoms with Gasteiger partial charge in [0.15, 0.2) is 0 Å². The normalized spacial score (nSPS) is 12.1. The van der Waals surface area contributed by atoms with E-state index in [1.807, 2.05) is 13.0 Å². The average Bonchev–Trinajstić information content (AvgIpc) is 2.43. The summed E-state index contributed by atoms with van der Waals surface area (Å²) in [6, 6.07) is 9.14. The highest BCUT2D eigenvalue weighted by Crippen LogP contribution is 2.06. The summed E-state index contributed by atoms with van der Waals surface area (Å²) in [7, 11) is 0. The molecule has 0 saturated carbocycles. The molecule has 0 fully saturated rings. The van der Waals surface area contributed by atoms with Gasteiger partial charge in [0.05, 0.1) is 11.6 Å².